The molecule has 5 aromatic carbocycles. The number of tetrazole rings is 1. The van der Waals surface area contributed by atoms with Crippen molar-refractivity contribution in [3.63, 3.8) is 0 Å². The van der Waals surface area contributed by atoms with Crippen molar-refractivity contribution >= 4 is 26.8 Å². The molecule has 7 rings (SSSR count). The molecule has 0 aliphatic carbocycles. The number of hydrogen-bond donors (Lipinski definition) is 0. The number of rotatable bonds is 7. The quantitative estimate of drug-likeness (QED) is 0.135. The number of fused-ring (bicyclic) bond motifs is 1. The normalized spacial score (nSPS) is 11.5. The molecule has 0 atom stereocenters. The molecule has 0 bridgehead atoms. The lowest BCUT2D eigenvalue weighted by molar-refractivity contribution is 0.396. The Balaban J connectivity index is 1.41. The topological polar surface area (TPSA) is 56.5 Å². The number of hydrogen-bond acceptors (Lipinski definition) is 4. The predicted octanol–water partition coefficient (Wildman–Crippen LogP) is 8.29. The van der Waals surface area contributed by atoms with Crippen molar-refractivity contribution in [1.29, 1.82) is 0 Å². The van der Waals surface area contributed by atoms with Crippen LogP contribution < -0.4 is 0 Å². The van der Waals surface area contributed by atoms with Gasteiger partial charge in [0.05, 0.1) is 11.2 Å². The number of pyridine rings is 1. The summed E-state index contributed by atoms with van der Waals surface area (Å²) in [6.07, 6.45) is 0. The van der Waals surface area contributed by atoms with E-state index in [-0.39, 0.29) is 0 Å². The minimum absolute atomic E-state index is 0.536. The van der Waals surface area contributed by atoms with Gasteiger partial charge in [-0.15, -0.1) is 15.0 Å². The summed E-state index contributed by atoms with van der Waals surface area (Å²) >= 11 is 3.55. The molecule has 0 radical (unpaired) electrons. The summed E-state index contributed by atoms with van der Waals surface area (Å²) in [7, 11) is 0. The highest BCUT2D eigenvalue weighted by molar-refractivity contribution is 9.08. The predicted molar refractivity (Wildman–Crippen MR) is 171 cm³/mol. The van der Waals surface area contributed by atoms with Crippen LogP contribution in [0.1, 0.15) is 22.3 Å². The van der Waals surface area contributed by atoms with E-state index >= 15 is 0 Å². The van der Waals surface area contributed by atoms with Gasteiger partial charge in [-0.1, -0.05) is 143 Å². The lowest BCUT2D eigenvalue weighted by Gasteiger charge is -2.34. The summed E-state index contributed by atoms with van der Waals surface area (Å²) in [6.45, 7) is 0. The molecule has 0 amide bonds. The molecule has 0 fully saturated rings. The van der Waals surface area contributed by atoms with E-state index in [1.807, 2.05) is 36.4 Å². The third kappa shape index (κ3) is 4.50. The van der Waals surface area contributed by atoms with Gasteiger partial charge in [0.2, 0.25) is 5.82 Å². The number of nitrogens with zero attached hydrogens (tertiary/aromatic N) is 5. The molecule has 5 nitrogen and oxygen atoms in total. The lowest BCUT2D eigenvalue weighted by Crippen LogP contribution is -2.39. The van der Waals surface area contributed by atoms with Crippen LogP contribution in [0.3, 0.4) is 0 Å². The molecule has 0 spiro atoms. The molecular weight excluding hydrogens is 582 g/mol. The maximum atomic E-state index is 5.11. The molecule has 7 aromatic rings. The molecule has 202 valence electrons. The summed E-state index contributed by atoms with van der Waals surface area (Å²) in [5, 5.41) is 16.4. The SMILES string of the molecule is BrCc1ccc2nc(-c3ccccc3-c3nnn(C(c4ccccc4)(c4ccccc4)c4ccccc4)n3)ccc2c1. The summed E-state index contributed by atoms with van der Waals surface area (Å²) in [6, 6.07) is 49.8. The number of aromatic nitrogens is 5. The van der Waals surface area contributed by atoms with Crippen LogP contribution in [0.5, 0.6) is 0 Å². The molecule has 0 unspecified atom stereocenters. The summed E-state index contributed by atoms with van der Waals surface area (Å²) in [5.41, 5.74) is 7.14. The average Bonchev–Trinajstić information content (AvgIpc) is 3.56. The zero-order valence-electron chi connectivity index (χ0n) is 22.7. The first-order valence-electron chi connectivity index (χ1n) is 13.8. The smallest absolute Gasteiger partial charge is 0.205 e. The van der Waals surface area contributed by atoms with Crippen molar-refractivity contribution in [3.8, 4) is 22.6 Å². The van der Waals surface area contributed by atoms with Crippen molar-refractivity contribution in [2.24, 2.45) is 0 Å². The maximum absolute atomic E-state index is 5.11. The van der Waals surface area contributed by atoms with Gasteiger partial charge in [-0.3, -0.25) is 0 Å². The van der Waals surface area contributed by atoms with Crippen LogP contribution in [0.4, 0.5) is 0 Å². The minimum atomic E-state index is -0.835. The van der Waals surface area contributed by atoms with Crippen LogP contribution in [-0.2, 0) is 10.9 Å². The van der Waals surface area contributed by atoms with E-state index in [9.17, 15) is 0 Å². The second-order valence-corrected chi connectivity index (χ2v) is 10.7. The molecule has 2 aromatic heterocycles. The molecule has 0 N–H and O–H groups in total. The third-order valence-electron chi connectivity index (χ3n) is 7.64. The highest BCUT2D eigenvalue weighted by Gasteiger charge is 2.41. The Morgan fingerprint density at radius 3 is 1.76 bits per heavy atom. The van der Waals surface area contributed by atoms with Gasteiger partial charge in [-0.25, -0.2) is 4.98 Å². The Hall–Kier alpha value is -4.94. The first-order chi connectivity index (χ1) is 20.8. The highest BCUT2D eigenvalue weighted by atomic mass is 79.9. The van der Waals surface area contributed by atoms with E-state index in [1.54, 1.807) is 4.80 Å². The number of alkyl halides is 1. The third-order valence-corrected chi connectivity index (χ3v) is 8.29. The van der Waals surface area contributed by atoms with Crippen LogP contribution in [-0.4, -0.2) is 25.2 Å². The fourth-order valence-corrected chi connectivity index (χ4v) is 6.01. The summed E-state index contributed by atoms with van der Waals surface area (Å²) < 4.78 is 0. The van der Waals surface area contributed by atoms with E-state index in [4.69, 9.17) is 15.3 Å². The second-order valence-electron chi connectivity index (χ2n) is 10.1. The van der Waals surface area contributed by atoms with Crippen LogP contribution in [0.25, 0.3) is 33.5 Å². The van der Waals surface area contributed by atoms with Crippen molar-refractivity contribution in [2.45, 2.75) is 10.9 Å². The summed E-state index contributed by atoms with van der Waals surface area (Å²) in [5.74, 6) is 0.536. The summed E-state index contributed by atoms with van der Waals surface area (Å²) in [4.78, 5) is 6.77. The molecule has 0 aliphatic rings. The Morgan fingerprint density at radius 1 is 0.595 bits per heavy atom. The van der Waals surface area contributed by atoms with Crippen molar-refractivity contribution in [3.05, 3.63) is 168 Å². The van der Waals surface area contributed by atoms with Gasteiger partial charge in [-0.05, 0) is 45.7 Å². The van der Waals surface area contributed by atoms with E-state index in [0.717, 1.165) is 49.7 Å². The lowest BCUT2D eigenvalue weighted by atomic mass is 9.77. The molecular formula is C36H26BrN5. The van der Waals surface area contributed by atoms with Gasteiger partial charge in [0, 0.05) is 21.8 Å². The second kappa shape index (κ2) is 11.1. The van der Waals surface area contributed by atoms with E-state index in [1.165, 1.54) is 5.56 Å². The zero-order chi connectivity index (χ0) is 28.4. The van der Waals surface area contributed by atoms with E-state index in [2.05, 4.69) is 130 Å². The minimum Gasteiger partial charge on any atom is -0.248 e. The van der Waals surface area contributed by atoms with Gasteiger partial charge >= 0.3 is 0 Å². The standard InChI is InChI=1S/C36H26BrN5/c37-25-26-20-22-33-27(24-26)21-23-34(38-33)31-18-10-11-19-32(31)35-39-41-42(40-35)36(28-12-4-1-5-13-28,29-14-6-2-7-15-29)30-16-8-3-9-17-30/h1-24H,25H2. The first kappa shape index (κ1) is 26.0. The highest BCUT2D eigenvalue weighted by Crippen LogP contribution is 2.40. The number of benzene rings is 5. The Morgan fingerprint density at radius 2 is 1.17 bits per heavy atom. The molecule has 42 heavy (non-hydrogen) atoms. The van der Waals surface area contributed by atoms with Crippen molar-refractivity contribution in [2.75, 3.05) is 0 Å². The van der Waals surface area contributed by atoms with E-state index in [0.29, 0.717) is 5.82 Å². The van der Waals surface area contributed by atoms with Gasteiger partial charge in [0.25, 0.3) is 0 Å². The first-order valence-corrected chi connectivity index (χ1v) is 14.9. The average molecular weight is 609 g/mol. The van der Waals surface area contributed by atoms with Crippen LogP contribution in [0, 0.1) is 0 Å². The largest absolute Gasteiger partial charge is 0.248 e. The number of halogens is 1. The molecule has 0 saturated heterocycles. The zero-order valence-corrected chi connectivity index (χ0v) is 24.3. The Labute approximate surface area is 252 Å². The molecule has 2 heterocycles. The van der Waals surface area contributed by atoms with E-state index < -0.39 is 5.54 Å². The van der Waals surface area contributed by atoms with Crippen LogP contribution in [0.2, 0.25) is 0 Å². The molecule has 0 saturated carbocycles. The van der Waals surface area contributed by atoms with Crippen molar-refractivity contribution < 1.29 is 0 Å². The molecule has 6 heteroatoms. The maximum Gasteiger partial charge on any atom is 0.205 e. The fourth-order valence-electron chi connectivity index (χ4n) is 5.66. The van der Waals surface area contributed by atoms with Crippen LogP contribution in [0.15, 0.2) is 146 Å². The molecule has 0 aliphatic heterocycles. The van der Waals surface area contributed by atoms with Crippen LogP contribution >= 0.6 is 15.9 Å². The Bertz CT molecular complexity index is 1870. The monoisotopic (exact) mass is 607 g/mol. The fraction of sp³-hybridized carbons (Fsp3) is 0.0556. The van der Waals surface area contributed by atoms with Gasteiger partial charge in [-0.2, -0.15) is 0 Å². The van der Waals surface area contributed by atoms with Gasteiger partial charge in [0.1, 0.15) is 0 Å². The van der Waals surface area contributed by atoms with Gasteiger partial charge < -0.3 is 0 Å². The van der Waals surface area contributed by atoms with Gasteiger partial charge in [0.15, 0.2) is 5.54 Å². The Kier molecular flexibility index (Phi) is 6.90. The van der Waals surface area contributed by atoms with Crippen molar-refractivity contribution in [1.82, 2.24) is 25.2 Å².